The van der Waals surface area contributed by atoms with Crippen LogP contribution in [0.25, 0.3) is 10.4 Å². The summed E-state index contributed by atoms with van der Waals surface area (Å²) in [5.74, 6) is 0.673. The molecule has 0 aromatic heterocycles. The number of carbonyl (C=O) groups excluding carboxylic acids is 1. The van der Waals surface area contributed by atoms with Crippen molar-refractivity contribution < 1.29 is 19.4 Å². The summed E-state index contributed by atoms with van der Waals surface area (Å²) in [6.45, 7) is 2.92. The molecular formula is C29H30BrN5O4. The quantitative estimate of drug-likeness (QED) is 0.113. The molecule has 10 heteroatoms. The smallest absolute Gasteiger partial charge is 0.252 e. The molecule has 0 radical (unpaired) electrons. The molecule has 0 spiro atoms. The molecule has 202 valence electrons. The number of carbonyl (C=O) groups is 1. The van der Waals surface area contributed by atoms with E-state index in [1.54, 1.807) is 30.3 Å². The van der Waals surface area contributed by atoms with E-state index in [9.17, 15) is 10.3 Å². The van der Waals surface area contributed by atoms with Crippen molar-refractivity contribution in [2.45, 2.75) is 37.8 Å². The van der Waals surface area contributed by atoms with Crippen molar-refractivity contribution in [2.24, 2.45) is 10.1 Å². The number of aliphatic hydroxyl groups excluding tert-OH is 1. The molecular weight excluding hydrogens is 562 g/mol. The number of amides is 1. The normalized spacial score (nSPS) is 18.0. The number of hydrogen-bond acceptors (Lipinski definition) is 6. The first-order valence-corrected chi connectivity index (χ1v) is 13.6. The number of rotatable bonds is 12. The average molecular weight is 592 g/mol. The summed E-state index contributed by atoms with van der Waals surface area (Å²) in [4.78, 5) is 22.0. The van der Waals surface area contributed by atoms with Crippen LogP contribution in [-0.4, -0.2) is 42.2 Å². The van der Waals surface area contributed by atoms with Gasteiger partial charge in [0.1, 0.15) is 5.75 Å². The van der Waals surface area contributed by atoms with E-state index in [0.717, 1.165) is 16.5 Å². The molecule has 1 heterocycles. The van der Waals surface area contributed by atoms with Crippen LogP contribution >= 0.6 is 15.9 Å². The Morgan fingerprint density at radius 3 is 2.64 bits per heavy atom. The lowest BCUT2D eigenvalue weighted by molar-refractivity contribution is -0.128. The first-order valence-electron chi connectivity index (χ1n) is 12.8. The second kappa shape index (κ2) is 13.3. The van der Waals surface area contributed by atoms with Crippen molar-refractivity contribution in [2.75, 3.05) is 19.8 Å². The third-order valence-electron chi connectivity index (χ3n) is 6.35. The van der Waals surface area contributed by atoms with Crippen LogP contribution in [0.3, 0.4) is 0 Å². The first kappa shape index (κ1) is 28.2. The number of aliphatic hydroxyl groups is 1. The molecule has 0 fully saturated rings. The molecule has 39 heavy (non-hydrogen) atoms. The Morgan fingerprint density at radius 2 is 1.92 bits per heavy atom. The Bertz CT molecular complexity index is 1370. The fourth-order valence-electron chi connectivity index (χ4n) is 4.43. The highest BCUT2D eigenvalue weighted by atomic mass is 79.9. The van der Waals surface area contributed by atoms with Gasteiger partial charge in [-0.1, -0.05) is 70.4 Å². The lowest BCUT2D eigenvalue weighted by Gasteiger charge is -2.31. The highest BCUT2D eigenvalue weighted by Crippen LogP contribution is 2.46. The van der Waals surface area contributed by atoms with Gasteiger partial charge >= 0.3 is 0 Å². The summed E-state index contributed by atoms with van der Waals surface area (Å²) in [6.07, 6.45) is 0.671. The number of nitrogens with one attached hydrogen (secondary N) is 1. The second-order valence-electron chi connectivity index (χ2n) is 9.06. The highest BCUT2D eigenvalue weighted by molar-refractivity contribution is 9.10. The molecule has 1 aliphatic heterocycles. The van der Waals surface area contributed by atoms with Crippen LogP contribution in [0.2, 0.25) is 0 Å². The Hall–Kier alpha value is -3.85. The number of hydrogen-bond donors (Lipinski definition) is 2. The number of azide groups is 1. The van der Waals surface area contributed by atoms with E-state index in [4.69, 9.17) is 19.6 Å². The van der Waals surface area contributed by atoms with Crippen molar-refractivity contribution >= 4 is 33.4 Å². The predicted molar refractivity (Wildman–Crippen MR) is 153 cm³/mol. The molecule has 2 atom stereocenters. The van der Waals surface area contributed by atoms with Gasteiger partial charge in [0.15, 0.2) is 11.6 Å². The summed E-state index contributed by atoms with van der Waals surface area (Å²) in [5.41, 5.74) is 10.3. The molecule has 1 aliphatic rings. The standard InChI is InChI=1S/C29H30BrN5O4/c1-2-16-32-28(37)29(19-21-8-3-5-10-24(21)30)26(23-9-4-6-11-25(23)34-35-31)39-27(33-29)20-12-14-22(15-13-20)38-18-7-17-36/h3-6,8-15,26,36H,2,7,16-19H2,1H3,(H,32,37)/t26-,29-/m1/s1. The van der Waals surface area contributed by atoms with Gasteiger partial charge in [-0.3, -0.25) is 4.79 Å². The molecule has 9 nitrogen and oxygen atoms in total. The SMILES string of the molecule is CCCNC(=O)[C@]1(Cc2ccccc2Br)N=C(c2ccc(OCCCO)cc2)O[C@@H]1c1ccccc1N=[N+]=[N-]. The van der Waals surface area contributed by atoms with Gasteiger partial charge in [0.2, 0.25) is 5.90 Å². The summed E-state index contributed by atoms with van der Waals surface area (Å²) in [5, 5.41) is 15.9. The molecule has 0 aliphatic carbocycles. The van der Waals surface area contributed by atoms with Gasteiger partial charge in [-0.25, -0.2) is 4.99 Å². The van der Waals surface area contributed by atoms with Gasteiger partial charge in [0.25, 0.3) is 5.91 Å². The maximum absolute atomic E-state index is 14.0. The fraction of sp³-hybridized carbons (Fsp3) is 0.310. The summed E-state index contributed by atoms with van der Waals surface area (Å²) in [6, 6.07) is 22.0. The van der Waals surface area contributed by atoms with E-state index in [0.29, 0.717) is 48.0 Å². The minimum absolute atomic E-state index is 0.0567. The second-order valence-corrected chi connectivity index (χ2v) is 9.92. The van der Waals surface area contributed by atoms with Gasteiger partial charge in [-0.2, -0.15) is 0 Å². The first-order chi connectivity index (χ1) is 19.0. The zero-order valence-corrected chi connectivity index (χ0v) is 23.2. The van der Waals surface area contributed by atoms with Gasteiger partial charge in [-0.05, 0) is 47.8 Å². The van der Waals surface area contributed by atoms with Crippen molar-refractivity contribution in [1.82, 2.24) is 5.32 Å². The van der Waals surface area contributed by atoms with Crippen molar-refractivity contribution in [3.8, 4) is 5.75 Å². The molecule has 0 unspecified atom stereocenters. The molecule has 3 aromatic carbocycles. The van der Waals surface area contributed by atoms with Gasteiger partial charge in [0.05, 0.1) is 6.61 Å². The van der Waals surface area contributed by atoms with Gasteiger partial charge < -0.3 is 19.9 Å². The summed E-state index contributed by atoms with van der Waals surface area (Å²) >= 11 is 3.62. The number of nitrogens with zero attached hydrogens (tertiary/aromatic N) is 4. The van der Waals surface area contributed by atoms with Crippen LogP contribution in [0, 0.1) is 0 Å². The zero-order valence-electron chi connectivity index (χ0n) is 21.6. The van der Waals surface area contributed by atoms with E-state index in [-0.39, 0.29) is 18.9 Å². The zero-order chi connectivity index (χ0) is 27.7. The van der Waals surface area contributed by atoms with Crippen molar-refractivity contribution in [3.63, 3.8) is 0 Å². The van der Waals surface area contributed by atoms with Gasteiger partial charge in [0, 0.05) is 52.2 Å². The average Bonchev–Trinajstić information content (AvgIpc) is 3.34. The molecule has 4 rings (SSSR count). The Morgan fingerprint density at radius 1 is 1.18 bits per heavy atom. The Balaban J connectivity index is 1.84. The van der Waals surface area contributed by atoms with E-state index in [1.807, 2.05) is 49.4 Å². The third-order valence-corrected chi connectivity index (χ3v) is 7.13. The maximum Gasteiger partial charge on any atom is 0.252 e. The summed E-state index contributed by atoms with van der Waals surface area (Å²) < 4.78 is 13.0. The minimum Gasteiger partial charge on any atom is -0.494 e. The van der Waals surface area contributed by atoms with Crippen LogP contribution in [-0.2, 0) is 16.0 Å². The van der Waals surface area contributed by atoms with Crippen LogP contribution in [0.1, 0.15) is 42.6 Å². The van der Waals surface area contributed by atoms with Crippen LogP contribution in [0.4, 0.5) is 5.69 Å². The number of ether oxygens (including phenoxy) is 2. The number of halogens is 1. The van der Waals surface area contributed by atoms with Gasteiger partial charge in [-0.15, -0.1) is 0 Å². The third kappa shape index (κ3) is 6.42. The van der Waals surface area contributed by atoms with Crippen LogP contribution in [0.15, 0.2) is 87.4 Å². The molecule has 2 N–H and O–H groups in total. The highest BCUT2D eigenvalue weighted by Gasteiger charge is 2.53. The fourth-order valence-corrected chi connectivity index (χ4v) is 4.86. The Kier molecular flexibility index (Phi) is 9.59. The number of aliphatic imine (C=N–C) groups is 1. The van der Waals surface area contributed by atoms with Crippen molar-refractivity contribution in [1.29, 1.82) is 0 Å². The van der Waals surface area contributed by atoms with Crippen LogP contribution < -0.4 is 10.1 Å². The summed E-state index contributed by atoms with van der Waals surface area (Å²) in [7, 11) is 0. The molecule has 0 saturated carbocycles. The lowest BCUT2D eigenvalue weighted by Crippen LogP contribution is -2.50. The lowest BCUT2D eigenvalue weighted by atomic mass is 9.81. The molecule has 3 aromatic rings. The van der Waals surface area contributed by atoms with E-state index < -0.39 is 11.6 Å². The molecule has 0 saturated heterocycles. The van der Waals surface area contributed by atoms with E-state index in [2.05, 4.69) is 31.3 Å². The molecule has 0 bridgehead atoms. The van der Waals surface area contributed by atoms with Crippen molar-refractivity contribution in [3.05, 3.63) is 104 Å². The predicted octanol–water partition coefficient (Wildman–Crippen LogP) is 6.18. The topological polar surface area (TPSA) is 129 Å². The number of benzene rings is 3. The van der Waals surface area contributed by atoms with Crippen LogP contribution in [0.5, 0.6) is 5.75 Å². The maximum atomic E-state index is 14.0. The molecule has 1 amide bonds. The largest absolute Gasteiger partial charge is 0.494 e. The monoisotopic (exact) mass is 591 g/mol. The van der Waals surface area contributed by atoms with E-state index >= 15 is 0 Å². The minimum atomic E-state index is -1.38. The Labute approximate surface area is 235 Å². The van der Waals surface area contributed by atoms with E-state index in [1.165, 1.54) is 0 Å².